The van der Waals surface area contributed by atoms with E-state index in [1.54, 1.807) is 58.9 Å². The molecule has 7 nitrogen and oxygen atoms in total. The number of carbonyl (C=O) groups is 3. The van der Waals surface area contributed by atoms with Crippen molar-refractivity contribution in [1.29, 1.82) is 5.26 Å². The van der Waals surface area contributed by atoms with E-state index in [4.69, 9.17) is 21.1 Å². The number of benzene rings is 1. The van der Waals surface area contributed by atoms with Gasteiger partial charge in [-0.1, -0.05) is 60.2 Å². The van der Waals surface area contributed by atoms with Crippen LogP contribution in [-0.2, 0) is 30.3 Å². The molecule has 9 heteroatoms. The van der Waals surface area contributed by atoms with Crippen LogP contribution in [0.1, 0.15) is 40.2 Å². The fourth-order valence-corrected chi connectivity index (χ4v) is 2.81. The molecular formula is C21H26ClIN2O5. The molecule has 0 spiro atoms. The van der Waals surface area contributed by atoms with Gasteiger partial charge < -0.3 is 14.8 Å². The van der Waals surface area contributed by atoms with Crippen LogP contribution in [0.15, 0.2) is 24.3 Å². The number of esters is 2. The van der Waals surface area contributed by atoms with Gasteiger partial charge >= 0.3 is 11.9 Å². The molecule has 0 bridgehead atoms. The Morgan fingerprint density at radius 1 is 1.20 bits per heavy atom. The van der Waals surface area contributed by atoms with Gasteiger partial charge in [0, 0.05) is 11.4 Å². The highest BCUT2D eigenvalue weighted by Crippen LogP contribution is 2.22. The van der Waals surface area contributed by atoms with Gasteiger partial charge in [-0.3, -0.25) is 9.59 Å². The Balaban J connectivity index is 3.31. The summed E-state index contributed by atoms with van der Waals surface area (Å²) in [6, 6.07) is 8.46. The molecule has 0 saturated heterocycles. The molecule has 1 amide bonds. The van der Waals surface area contributed by atoms with Crippen molar-refractivity contribution < 1.29 is 23.9 Å². The van der Waals surface area contributed by atoms with Crippen LogP contribution in [0.4, 0.5) is 0 Å². The topological polar surface area (TPSA) is 105 Å². The quantitative estimate of drug-likeness (QED) is 0.302. The van der Waals surface area contributed by atoms with E-state index in [-0.39, 0.29) is 16.8 Å². The molecule has 0 radical (unpaired) electrons. The van der Waals surface area contributed by atoms with E-state index in [0.29, 0.717) is 10.6 Å². The maximum absolute atomic E-state index is 13.0. The lowest BCUT2D eigenvalue weighted by Gasteiger charge is -2.32. The Bertz CT molecular complexity index is 814. The Labute approximate surface area is 195 Å². The molecule has 1 N–H and O–H groups in total. The van der Waals surface area contributed by atoms with Crippen LogP contribution < -0.4 is 5.32 Å². The largest absolute Gasteiger partial charge is 0.457 e. The predicted octanol–water partition coefficient (Wildman–Crippen LogP) is 3.61. The number of ether oxygens (including phenoxy) is 2. The molecule has 0 aliphatic heterocycles. The van der Waals surface area contributed by atoms with Crippen molar-refractivity contribution in [1.82, 2.24) is 5.32 Å². The molecule has 2 atom stereocenters. The molecule has 0 aliphatic rings. The number of hydrogen-bond donors (Lipinski definition) is 1. The second-order valence-electron chi connectivity index (χ2n) is 8.10. The molecule has 2 unspecified atom stereocenters. The number of nitriles is 1. The number of nitrogens with one attached hydrogen (secondary N) is 1. The van der Waals surface area contributed by atoms with E-state index in [1.165, 1.54) is 0 Å². The second-order valence-corrected chi connectivity index (χ2v) is 9.30. The second kappa shape index (κ2) is 11.0. The number of amides is 1. The Morgan fingerprint density at radius 3 is 2.20 bits per heavy atom. The average Bonchev–Trinajstić information content (AvgIpc) is 2.65. The molecule has 1 rings (SSSR count). The van der Waals surface area contributed by atoms with Crippen molar-refractivity contribution in [3.63, 3.8) is 0 Å². The van der Waals surface area contributed by atoms with Crippen LogP contribution in [0.5, 0.6) is 0 Å². The molecular weight excluding hydrogens is 523 g/mol. The highest BCUT2D eigenvalue weighted by atomic mass is 127. The Hall–Kier alpha value is -1.86. The summed E-state index contributed by atoms with van der Waals surface area (Å²) in [6.07, 6.45) is -1.31. The summed E-state index contributed by atoms with van der Waals surface area (Å²) in [5, 5.41) is 12.9. The van der Waals surface area contributed by atoms with Gasteiger partial charge in [0.1, 0.15) is 11.7 Å². The highest BCUT2D eigenvalue weighted by Gasteiger charge is 2.46. The first-order valence-electron chi connectivity index (χ1n) is 9.30. The number of rotatable bonds is 8. The van der Waals surface area contributed by atoms with Crippen LogP contribution in [0.2, 0.25) is 5.02 Å². The fraction of sp³-hybridized carbons (Fsp3) is 0.524. The van der Waals surface area contributed by atoms with Gasteiger partial charge in [-0.2, -0.15) is 5.26 Å². The van der Waals surface area contributed by atoms with Gasteiger partial charge in [0.15, 0.2) is 6.10 Å². The lowest BCUT2D eigenvalue weighted by molar-refractivity contribution is -0.164. The van der Waals surface area contributed by atoms with Crippen LogP contribution in [-0.4, -0.2) is 39.5 Å². The van der Waals surface area contributed by atoms with Crippen molar-refractivity contribution in [2.45, 2.75) is 58.3 Å². The molecule has 1 aromatic carbocycles. The van der Waals surface area contributed by atoms with E-state index in [1.807, 2.05) is 28.7 Å². The molecule has 0 aromatic heterocycles. The number of nitrogens with zero attached hydrogens (tertiary/aromatic N) is 1. The third kappa shape index (κ3) is 7.76. The van der Waals surface area contributed by atoms with Crippen molar-refractivity contribution >= 4 is 52.0 Å². The van der Waals surface area contributed by atoms with Crippen LogP contribution >= 0.6 is 34.2 Å². The minimum absolute atomic E-state index is 0.0640. The average molecular weight is 549 g/mol. The van der Waals surface area contributed by atoms with E-state index in [2.05, 4.69) is 5.32 Å². The zero-order valence-corrected chi connectivity index (χ0v) is 20.5. The molecule has 164 valence electrons. The molecule has 0 heterocycles. The van der Waals surface area contributed by atoms with Crippen LogP contribution in [0.3, 0.4) is 0 Å². The smallest absolute Gasteiger partial charge is 0.347 e. The number of halogens is 2. The summed E-state index contributed by atoms with van der Waals surface area (Å²) in [7, 11) is 0. The molecule has 30 heavy (non-hydrogen) atoms. The van der Waals surface area contributed by atoms with Gasteiger partial charge in [-0.15, -0.1) is 0 Å². The number of carbonyl (C=O) groups excluding carboxylic acids is 3. The van der Waals surface area contributed by atoms with Crippen LogP contribution in [0.25, 0.3) is 0 Å². The lowest BCUT2D eigenvalue weighted by atomic mass is 9.90. The Morgan fingerprint density at radius 2 is 1.77 bits per heavy atom. The maximum Gasteiger partial charge on any atom is 0.347 e. The molecule has 0 saturated carbocycles. The summed E-state index contributed by atoms with van der Waals surface area (Å²) in [6.45, 7) is 8.39. The molecule has 0 aliphatic carbocycles. The van der Waals surface area contributed by atoms with Gasteiger partial charge in [-0.05, 0) is 44.4 Å². The molecule has 0 fully saturated rings. The summed E-state index contributed by atoms with van der Waals surface area (Å²) >= 11 is 7.74. The summed E-state index contributed by atoms with van der Waals surface area (Å²) in [5.41, 5.74) is -2.30. The maximum atomic E-state index is 13.0. The zero-order chi connectivity index (χ0) is 23.1. The first-order chi connectivity index (χ1) is 13.8. The van der Waals surface area contributed by atoms with Gasteiger partial charge in [0.05, 0.1) is 4.43 Å². The van der Waals surface area contributed by atoms with Gasteiger partial charge in [-0.25, -0.2) is 4.79 Å². The van der Waals surface area contributed by atoms with Crippen molar-refractivity contribution in [3.05, 3.63) is 34.9 Å². The van der Waals surface area contributed by atoms with E-state index < -0.39 is 35.1 Å². The Kier molecular flexibility index (Phi) is 9.56. The van der Waals surface area contributed by atoms with E-state index in [0.717, 1.165) is 0 Å². The normalized spacial score (nSPS) is 14.2. The van der Waals surface area contributed by atoms with Crippen molar-refractivity contribution in [2.24, 2.45) is 5.92 Å². The van der Waals surface area contributed by atoms with Gasteiger partial charge in [0.25, 0.3) is 5.91 Å². The minimum Gasteiger partial charge on any atom is -0.457 e. The lowest BCUT2D eigenvalue weighted by Crippen LogP contribution is -2.60. The van der Waals surface area contributed by atoms with E-state index >= 15 is 0 Å². The summed E-state index contributed by atoms with van der Waals surface area (Å²) in [4.78, 5) is 37.7. The fourth-order valence-electron chi connectivity index (χ4n) is 2.50. The summed E-state index contributed by atoms with van der Waals surface area (Å²) in [5.74, 6) is -2.59. The minimum atomic E-state index is -2.01. The first-order valence-corrected chi connectivity index (χ1v) is 11.2. The van der Waals surface area contributed by atoms with Crippen LogP contribution in [0, 0.1) is 17.2 Å². The van der Waals surface area contributed by atoms with Crippen molar-refractivity contribution in [3.8, 4) is 6.07 Å². The summed E-state index contributed by atoms with van der Waals surface area (Å²) < 4.78 is 10.7. The molecule has 1 aromatic rings. The van der Waals surface area contributed by atoms with E-state index in [9.17, 15) is 19.6 Å². The first kappa shape index (κ1) is 26.2. The zero-order valence-electron chi connectivity index (χ0n) is 17.6. The number of hydrogen-bond acceptors (Lipinski definition) is 6. The predicted molar refractivity (Wildman–Crippen MR) is 121 cm³/mol. The van der Waals surface area contributed by atoms with Crippen molar-refractivity contribution in [2.75, 3.05) is 4.43 Å². The standard InChI is InChI=1S/C21H26ClIN2O5/c1-13(2)17(29-16(26)11-23)18(27)25-21(12-24,19(28)30-20(3,4)5)10-14-6-8-15(22)9-7-14/h6-9,13,17H,10-11H2,1-5H3,(H,25,27). The SMILES string of the molecule is CC(C)C(OC(=O)CI)C(=O)NC(C#N)(Cc1ccc(Cl)cc1)C(=O)OC(C)(C)C. The number of alkyl halides is 1. The monoisotopic (exact) mass is 548 g/mol. The highest BCUT2D eigenvalue weighted by molar-refractivity contribution is 14.1. The van der Waals surface area contributed by atoms with Gasteiger partial charge in [0.2, 0.25) is 5.54 Å². The third-order valence-electron chi connectivity index (χ3n) is 3.89. The third-order valence-corrected chi connectivity index (χ3v) is 4.76.